The van der Waals surface area contributed by atoms with Gasteiger partial charge in [0.1, 0.15) is 5.52 Å². The first-order valence-corrected chi connectivity index (χ1v) is 4.56. The summed E-state index contributed by atoms with van der Waals surface area (Å²) < 4.78 is 5.28. The van der Waals surface area contributed by atoms with Crippen LogP contribution in [0.25, 0.3) is 22.4 Å². The summed E-state index contributed by atoms with van der Waals surface area (Å²) >= 11 is 0. The molecule has 74 valence electrons. The average molecular weight is 200 g/mol. The van der Waals surface area contributed by atoms with Gasteiger partial charge in [0, 0.05) is 11.1 Å². The molecule has 0 saturated carbocycles. The van der Waals surface area contributed by atoms with E-state index in [1.165, 1.54) is 0 Å². The minimum atomic E-state index is 0.668. The quantitative estimate of drug-likeness (QED) is 0.651. The molecule has 0 spiro atoms. The van der Waals surface area contributed by atoms with E-state index in [0.717, 1.165) is 16.6 Å². The van der Waals surface area contributed by atoms with E-state index in [-0.39, 0.29) is 0 Å². The number of fused-ring (bicyclic) bond motifs is 1. The summed E-state index contributed by atoms with van der Waals surface area (Å²) in [6, 6.07) is 3.66. The molecule has 0 fully saturated rings. The summed E-state index contributed by atoms with van der Waals surface area (Å²) in [6.45, 7) is 1.95. The van der Waals surface area contributed by atoms with E-state index in [2.05, 4.69) is 20.4 Å². The van der Waals surface area contributed by atoms with Crippen molar-refractivity contribution in [2.75, 3.05) is 0 Å². The molecule has 0 aromatic carbocycles. The molecule has 3 rings (SSSR count). The second kappa shape index (κ2) is 2.91. The molecule has 5 heteroatoms. The maximum absolute atomic E-state index is 5.28. The Kier molecular flexibility index (Phi) is 1.58. The zero-order valence-corrected chi connectivity index (χ0v) is 8.06. The lowest BCUT2D eigenvalue weighted by molar-refractivity contribution is 0.579. The molecule has 3 aromatic heterocycles. The lowest BCUT2D eigenvalue weighted by atomic mass is 10.2. The molecule has 0 aliphatic rings. The molecule has 0 amide bonds. The third-order valence-corrected chi connectivity index (χ3v) is 2.32. The first kappa shape index (κ1) is 8.16. The number of H-pyrrole nitrogens is 1. The van der Waals surface area contributed by atoms with Crippen molar-refractivity contribution in [2.45, 2.75) is 6.92 Å². The molecule has 0 unspecified atom stereocenters. The van der Waals surface area contributed by atoms with Gasteiger partial charge in [-0.15, -0.1) is 5.10 Å². The Bertz CT molecular complexity index is 597. The second-order valence-corrected chi connectivity index (χ2v) is 3.28. The molecule has 0 bridgehead atoms. The van der Waals surface area contributed by atoms with E-state index in [1.807, 2.05) is 19.1 Å². The predicted octanol–water partition coefficient (Wildman–Crippen LogP) is 1.92. The molecule has 5 nitrogen and oxygen atoms in total. The number of rotatable bonds is 1. The molecule has 1 N–H and O–H groups in total. The fraction of sp³-hybridized carbons (Fsp3) is 0.100. The first-order valence-electron chi connectivity index (χ1n) is 4.56. The highest BCUT2D eigenvalue weighted by Crippen LogP contribution is 2.25. The molecule has 3 aromatic rings. The van der Waals surface area contributed by atoms with Gasteiger partial charge >= 0.3 is 0 Å². The van der Waals surface area contributed by atoms with E-state index >= 15 is 0 Å². The van der Waals surface area contributed by atoms with E-state index < -0.39 is 0 Å². The van der Waals surface area contributed by atoms with Gasteiger partial charge in [0.05, 0.1) is 12.5 Å². The second-order valence-electron chi connectivity index (χ2n) is 3.28. The van der Waals surface area contributed by atoms with E-state index in [0.29, 0.717) is 11.5 Å². The molecule has 0 aliphatic heterocycles. The van der Waals surface area contributed by atoms with Crippen molar-refractivity contribution in [3.8, 4) is 11.5 Å². The number of furan rings is 1. The number of aromatic amines is 1. The van der Waals surface area contributed by atoms with Crippen molar-refractivity contribution in [2.24, 2.45) is 0 Å². The molecular weight excluding hydrogens is 192 g/mol. The number of hydrogen-bond donors (Lipinski definition) is 1. The van der Waals surface area contributed by atoms with Crippen LogP contribution in [0.3, 0.4) is 0 Å². The normalized spacial score (nSPS) is 11.0. The predicted molar refractivity (Wildman–Crippen MR) is 54.1 cm³/mol. The van der Waals surface area contributed by atoms with E-state index in [1.54, 1.807) is 12.5 Å². The number of nitrogens with zero attached hydrogens (tertiary/aromatic N) is 3. The minimum Gasteiger partial charge on any atom is -0.463 e. The van der Waals surface area contributed by atoms with Crippen LogP contribution in [0.4, 0.5) is 0 Å². The topological polar surface area (TPSA) is 67.6 Å². The fourth-order valence-electron chi connectivity index (χ4n) is 1.55. The maximum atomic E-state index is 5.28. The largest absolute Gasteiger partial charge is 0.463 e. The Balaban J connectivity index is 2.36. The highest BCUT2D eigenvalue weighted by atomic mass is 16.3. The van der Waals surface area contributed by atoms with Gasteiger partial charge in [-0.25, -0.2) is 0 Å². The molecule has 3 heterocycles. The summed E-state index contributed by atoms with van der Waals surface area (Å²) in [4.78, 5) is 0. The van der Waals surface area contributed by atoms with Gasteiger partial charge in [0.2, 0.25) is 0 Å². The molecule has 0 atom stereocenters. The number of nitrogens with one attached hydrogen (secondary N) is 1. The zero-order chi connectivity index (χ0) is 10.3. The van der Waals surface area contributed by atoms with Crippen molar-refractivity contribution in [3.05, 3.63) is 30.3 Å². The van der Waals surface area contributed by atoms with Gasteiger partial charge in [-0.3, -0.25) is 5.10 Å². The van der Waals surface area contributed by atoms with Crippen molar-refractivity contribution in [1.82, 2.24) is 20.4 Å². The highest BCUT2D eigenvalue weighted by molar-refractivity contribution is 5.90. The lowest BCUT2D eigenvalue weighted by Crippen LogP contribution is -1.87. The van der Waals surface area contributed by atoms with Crippen LogP contribution in [-0.2, 0) is 0 Å². The fourth-order valence-corrected chi connectivity index (χ4v) is 1.55. The molecule has 15 heavy (non-hydrogen) atoms. The van der Waals surface area contributed by atoms with Gasteiger partial charge < -0.3 is 4.42 Å². The van der Waals surface area contributed by atoms with Crippen LogP contribution >= 0.6 is 0 Å². The summed E-state index contributed by atoms with van der Waals surface area (Å²) in [6.07, 6.45) is 3.30. The van der Waals surface area contributed by atoms with Crippen LogP contribution in [0.5, 0.6) is 0 Å². The number of aromatic nitrogens is 4. The summed E-state index contributed by atoms with van der Waals surface area (Å²) in [7, 11) is 0. The van der Waals surface area contributed by atoms with Crippen molar-refractivity contribution < 1.29 is 4.42 Å². The van der Waals surface area contributed by atoms with Crippen LogP contribution < -0.4 is 0 Å². The lowest BCUT2D eigenvalue weighted by Gasteiger charge is -1.95. The third-order valence-electron chi connectivity index (χ3n) is 2.32. The average Bonchev–Trinajstić information content (AvgIpc) is 2.88. The minimum absolute atomic E-state index is 0.668. The Morgan fingerprint density at radius 3 is 3.13 bits per heavy atom. The summed E-state index contributed by atoms with van der Waals surface area (Å²) in [5.74, 6) is 0.680. The van der Waals surface area contributed by atoms with Crippen molar-refractivity contribution >= 4 is 10.9 Å². The monoisotopic (exact) mass is 200 g/mol. The Morgan fingerprint density at radius 2 is 2.33 bits per heavy atom. The van der Waals surface area contributed by atoms with Gasteiger partial charge in [-0.05, 0) is 19.1 Å². The number of hydrogen-bond acceptors (Lipinski definition) is 4. The summed E-state index contributed by atoms with van der Waals surface area (Å²) in [5, 5.41) is 16.0. The zero-order valence-electron chi connectivity index (χ0n) is 8.06. The Hall–Kier alpha value is -2.17. The standard InChI is InChI=1S/C10H8N4O/c1-6-7-5-11-13-10(9(7)14-12-6)8-3-2-4-15-8/h2-5H,1H3,(H,12,14). The molecule has 0 saturated heterocycles. The van der Waals surface area contributed by atoms with E-state index in [4.69, 9.17) is 4.42 Å². The SMILES string of the molecule is Cc1[nH]nc2c(-c3ccco3)nncc12. The van der Waals surface area contributed by atoms with Crippen LogP contribution in [0.15, 0.2) is 29.0 Å². The van der Waals surface area contributed by atoms with Gasteiger partial charge in [-0.2, -0.15) is 10.2 Å². The highest BCUT2D eigenvalue weighted by Gasteiger charge is 2.12. The first-order chi connectivity index (χ1) is 7.36. The van der Waals surface area contributed by atoms with Crippen LogP contribution in [0.1, 0.15) is 5.69 Å². The maximum Gasteiger partial charge on any atom is 0.156 e. The van der Waals surface area contributed by atoms with Crippen molar-refractivity contribution in [3.63, 3.8) is 0 Å². The third kappa shape index (κ3) is 1.13. The van der Waals surface area contributed by atoms with Gasteiger partial charge in [0.15, 0.2) is 11.5 Å². The molecular formula is C10H8N4O. The van der Waals surface area contributed by atoms with Crippen molar-refractivity contribution in [1.29, 1.82) is 0 Å². The van der Waals surface area contributed by atoms with Gasteiger partial charge in [0.25, 0.3) is 0 Å². The molecule has 0 aliphatic carbocycles. The van der Waals surface area contributed by atoms with Crippen LogP contribution in [0.2, 0.25) is 0 Å². The van der Waals surface area contributed by atoms with Gasteiger partial charge in [-0.1, -0.05) is 0 Å². The summed E-state index contributed by atoms with van der Waals surface area (Å²) in [5.41, 5.74) is 2.44. The Morgan fingerprint density at radius 1 is 1.40 bits per heavy atom. The Labute approximate surface area is 85.1 Å². The van der Waals surface area contributed by atoms with E-state index in [9.17, 15) is 0 Å². The van der Waals surface area contributed by atoms with Crippen LogP contribution in [0, 0.1) is 6.92 Å². The smallest absolute Gasteiger partial charge is 0.156 e. The number of aryl methyl sites for hydroxylation is 1. The molecule has 0 radical (unpaired) electrons. The van der Waals surface area contributed by atoms with Crippen LogP contribution in [-0.4, -0.2) is 20.4 Å².